The second-order valence-electron chi connectivity index (χ2n) is 7.24. The molecule has 1 saturated heterocycles. The Kier molecular flexibility index (Phi) is 4.45. The molecule has 1 aromatic carbocycles. The van der Waals surface area contributed by atoms with Gasteiger partial charge < -0.3 is 14.5 Å². The number of nitrogens with zero attached hydrogens (tertiary/aromatic N) is 4. The van der Waals surface area contributed by atoms with E-state index in [-0.39, 0.29) is 5.91 Å². The van der Waals surface area contributed by atoms with Gasteiger partial charge in [-0.05, 0) is 41.8 Å². The van der Waals surface area contributed by atoms with Gasteiger partial charge in [0.2, 0.25) is 0 Å². The highest BCUT2D eigenvalue weighted by atomic mass is 35.5. The van der Waals surface area contributed by atoms with Gasteiger partial charge in [-0.2, -0.15) is 5.10 Å². The summed E-state index contributed by atoms with van der Waals surface area (Å²) in [6.07, 6.45) is 2.57. The summed E-state index contributed by atoms with van der Waals surface area (Å²) < 4.78 is 7.14. The Morgan fingerprint density at radius 2 is 1.96 bits per heavy atom. The Labute approximate surface area is 168 Å². The second-order valence-corrected chi connectivity index (χ2v) is 7.67. The van der Waals surface area contributed by atoms with E-state index in [4.69, 9.17) is 16.3 Å². The number of carbonyl (C=O) groups is 1. The average molecular weight is 397 g/mol. The van der Waals surface area contributed by atoms with Gasteiger partial charge in [0.05, 0.1) is 23.8 Å². The van der Waals surface area contributed by atoms with Crippen LogP contribution in [0.1, 0.15) is 21.6 Å². The third-order valence-electron chi connectivity index (χ3n) is 5.52. The number of benzene rings is 1. The second kappa shape index (κ2) is 7.11. The fourth-order valence-electron chi connectivity index (χ4n) is 4.09. The smallest absolute Gasteiger partial charge is 0.274 e. The van der Waals surface area contributed by atoms with Crippen LogP contribution in [0.5, 0.6) is 0 Å². The van der Waals surface area contributed by atoms with Crippen LogP contribution in [0.4, 0.5) is 5.69 Å². The molecule has 7 heteroatoms. The minimum atomic E-state index is -0.0396. The van der Waals surface area contributed by atoms with Crippen molar-refractivity contribution >= 4 is 28.7 Å². The van der Waals surface area contributed by atoms with Gasteiger partial charge in [0.25, 0.3) is 5.91 Å². The van der Waals surface area contributed by atoms with Crippen LogP contribution in [0, 0.1) is 0 Å². The summed E-state index contributed by atoms with van der Waals surface area (Å²) in [7, 11) is 0. The SMILES string of the molecule is O=C(c1cc2ccc(Cl)cn2n1)N1CCc2c(cccc2N2CCOCC2)C1. The van der Waals surface area contributed by atoms with E-state index in [1.54, 1.807) is 16.8 Å². The van der Waals surface area contributed by atoms with Crippen LogP contribution in [-0.4, -0.2) is 53.3 Å². The zero-order valence-electron chi connectivity index (χ0n) is 15.5. The summed E-state index contributed by atoms with van der Waals surface area (Å²) in [4.78, 5) is 17.3. The molecule has 4 heterocycles. The van der Waals surface area contributed by atoms with Crippen LogP contribution in [0.15, 0.2) is 42.6 Å². The van der Waals surface area contributed by atoms with Crippen molar-refractivity contribution in [2.45, 2.75) is 13.0 Å². The Morgan fingerprint density at radius 3 is 2.82 bits per heavy atom. The van der Waals surface area contributed by atoms with E-state index >= 15 is 0 Å². The molecular weight excluding hydrogens is 376 g/mol. The lowest BCUT2D eigenvalue weighted by molar-refractivity contribution is 0.0728. The first-order valence-corrected chi connectivity index (χ1v) is 9.94. The van der Waals surface area contributed by atoms with Gasteiger partial charge in [0.15, 0.2) is 5.69 Å². The zero-order valence-corrected chi connectivity index (χ0v) is 16.2. The molecule has 0 aliphatic carbocycles. The molecule has 2 aliphatic rings. The highest BCUT2D eigenvalue weighted by Crippen LogP contribution is 2.30. The van der Waals surface area contributed by atoms with Crippen molar-refractivity contribution in [3.63, 3.8) is 0 Å². The summed E-state index contributed by atoms with van der Waals surface area (Å²) in [6, 6.07) is 11.9. The van der Waals surface area contributed by atoms with Crippen molar-refractivity contribution in [3.8, 4) is 0 Å². The molecular formula is C21H21ClN4O2. The summed E-state index contributed by atoms with van der Waals surface area (Å²) in [5.74, 6) is -0.0396. The number of fused-ring (bicyclic) bond motifs is 2. The van der Waals surface area contributed by atoms with Crippen LogP contribution < -0.4 is 4.90 Å². The van der Waals surface area contributed by atoms with Crippen LogP contribution in [0.3, 0.4) is 0 Å². The monoisotopic (exact) mass is 396 g/mol. The standard InChI is InChI=1S/C21H21ClN4O2/c22-16-4-5-17-12-19(23-26(17)14-16)21(27)25-7-6-18-15(13-25)2-1-3-20(18)24-8-10-28-11-9-24/h1-5,12,14H,6-11,13H2. The zero-order chi connectivity index (χ0) is 19.1. The number of halogens is 1. The Hall–Kier alpha value is -2.57. The quantitative estimate of drug-likeness (QED) is 0.668. The molecule has 1 fully saturated rings. The highest BCUT2D eigenvalue weighted by Gasteiger charge is 2.26. The van der Waals surface area contributed by atoms with Crippen molar-refractivity contribution in [1.82, 2.24) is 14.5 Å². The highest BCUT2D eigenvalue weighted by molar-refractivity contribution is 6.30. The third-order valence-corrected chi connectivity index (χ3v) is 5.75. The molecule has 0 bridgehead atoms. The van der Waals surface area contributed by atoms with E-state index in [0.717, 1.165) is 38.2 Å². The molecule has 0 unspecified atom stereocenters. The van der Waals surface area contributed by atoms with Gasteiger partial charge in [0.1, 0.15) is 0 Å². The molecule has 0 spiro atoms. The minimum absolute atomic E-state index is 0.0396. The fraction of sp³-hybridized carbons (Fsp3) is 0.333. The lowest BCUT2D eigenvalue weighted by Gasteiger charge is -2.35. The number of ether oxygens (including phenoxy) is 1. The molecule has 5 rings (SSSR count). The maximum absolute atomic E-state index is 13.0. The van der Waals surface area contributed by atoms with Crippen LogP contribution in [0.25, 0.3) is 5.52 Å². The van der Waals surface area contributed by atoms with Crippen molar-refractivity contribution in [3.05, 3.63) is 64.4 Å². The number of hydrogen-bond donors (Lipinski definition) is 0. The minimum Gasteiger partial charge on any atom is -0.378 e. The number of pyridine rings is 1. The molecule has 0 saturated carbocycles. The van der Waals surface area contributed by atoms with Gasteiger partial charge >= 0.3 is 0 Å². The van der Waals surface area contributed by atoms with Crippen LogP contribution in [-0.2, 0) is 17.7 Å². The summed E-state index contributed by atoms with van der Waals surface area (Å²) in [5.41, 5.74) is 5.18. The van der Waals surface area contributed by atoms with Crippen molar-refractivity contribution < 1.29 is 9.53 Å². The molecule has 28 heavy (non-hydrogen) atoms. The fourth-order valence-corrected chi connectivity index (χ4v) is 4.25. The van der Waals surface area contributed by atoms with Gasteiger partial charge in [-0.1, -0.05) is 23.7 Å². The molecule has 0 atom stereocenters. The molecule has 0 N–H and O–H groups in total. The Morgan fingerprint density at radius 1 is 1.11 bits per heavy atom. The lowest BCUT2D eigenvalue weighted by atomic mass is 9.96. The molecule has 3 aromatic rings. The summed E-state index contributed by atoms with van der Waals surface area (Å²) in [6.45, 7) is 4.69. The average Bonchev–Trinajstić information content (AvgIpc) is 3.16. The van der Waals surface area contributed by atoms with Gasteiger partial charge in [-0.15, -0.1) is 0 Å². The maximum Gasteiger partial charge on any atom is 0.274 e. The van der Waals surface area contributed by atoms with E-state index < -0.39 is 0 Å². The first-order chi connectivity index (χ1) is 13.7. The Bertz CT molecular complexity index is 1040. The number of morpholine rings is 1. The number of anilines is 1. The van der Waals surface area contributed by atoms with Gasteiger partial charge in [-0.3, -0.25) is 4.79 Å². The molecule has 2 aromatic heterocycles. The number of hydrogen-bond acceptors (Lipinski definition) is 4. The molecule has 144 valence electrons. The molecule has 6 nitrogen and oxygen atoms in total. The first kappa shape index (κ1) is 17.5. The van der Waals surface area contributed by atoms with Crippen molar-refractivity contribution in [2.24, 2.45) is 0 Å². The number of amides is 1. The van der Waals surface area contributed by atoms with E-state index in [1.807, 2.05) is 17.0 Å². The van der Waals surface area contributed by atoms with Gasteiger partial charge in [0, 0.05) is 38.1 Å². The molecule has 2 aliphatic heterocycles. The largest absolute Gasteiger partial charge is 0.378 e. The van der Waals surface area contributed by atoms with Crippen LogP contribution in [0.2, 0.25) is 5.02 Å². The van der Waals surface area contributed by atoms with E-state index in [9.17, 15) is 4.79 Å². The topological polar surface area (TPSA) is 50.1 Å². The van der Waals surface area contributed by atoms with Crippen LogP contribution >= 0.6 is 11.6 Å². The number of aromatic nitrogens is 2. The number of rotatable bonds is 2. The summed E-state index contributed by atoms with van der Waals surface area (Å²) in [5, 5.41) is 5.01. The Balaban J connectivity index is 1.39. The lowest BCUT2D eigenvalue weighted by Crippen LogP contribution is -2.39. The van der Waals surface area contributed by atoms with Gasteiger partial charge in [-0.25, -0.2) is 4.52 Å². The predicted octanol–water partition coefficient (Wildman–Crippen LogP) is 3.02. The van der Waals surface area contributed by atoms with E-state index in [0.29, 0.717) is 23.8 Å². The maximum atomic E-state index is 13.0. The van der Waals surface area contributed by atoms with E-state index in [2.05, 4.69) is 28.2 Å². The number of carbonyl (C=O) groups excluding carboxylic acids is 1. The first-order valence-electron chi connectivity index (χ1n) is 9.57. The normalized spacial score (nSPS) is 17.0. The van der Waals surface area contributed by atoms with Crippen molar-refractivity contribution in [2.75, 3.05) is 37.7 Å². The molecule has 1 amide bonds. The summed E-state index contributed by atoms with van der Waals surface area (Å²) >= 11 is 6.02. The van der Waals surface area contributed by atoms with Crippen molar-refractivity contribution in [1.29, 1.82) is 0 Å². The molecule has 0 radical (unpaired) electrons. The predicted molar refractivity (Wildman–Crippen MR) is 108 cm³/mol. The third kappa shape index (κ3) is 3.12. The van der Waals surface area contributed by atoms with E-state index in [1.165, 1.54) is 16.8 Å².